The molecule has 2 N–H and O–H groups in total. The van der Waals surface area contributed by atoms with E-state index in [1.54, 1.807) is 4.58 Å². The average molecular weight is 245 g/mol. The Morgan fingerprint density at radius 1 is 1.00 bits per heavy atom. The molecule has 0 atom stereocenters. The van der Waals surface area contributed by atoms with Gasteiger partial charge in [0.25, 0.3) is 5.84 Å². The Kier molecular flexibility index (Phi) is 2.37. The molecule has 0 amide bonds. The molecule has 0 spiro atoms. The number of hydrogen-bond donors (Lipinski definition) is 1. The van der Waals surface area contributed by atoms with Gasteiger partial charge >= 0.3 is 0 Å². The van der Waals surface area contributed by atoms with E-state index in [0.29, 0.717) is 18.1 Å². The van der Waals surface area contributed by atoms with Gasteiger partial charge in [-0.05, 0) is 18.2 Å². The van der Waals surface area contributed by atoms with Gasteiger partial charge in [0.15, 0.2) is 11.6 Å². The van der Waals surface area contributed by atoms with Gasteiger partial charge in [0.1, 0.15) is 12.2 Å². The molecule has 2 aromatic carbocycles. The van der Waals surface area contributed by atoms with Crippen LogP contribution in [0, 0.1) is 11.6 Å². The summed E-state index contributed by atoms with van der Waals surface area (Å²) >= 11 is 0. The van der Waals surface area contributed by atoms with Gasteiger partial charge in [-0.25, -0.2) is 13.4 Å². The molecule has 0 bridgehead atoms. The highest BCUT2D eigenvalue weighted by atomic mass is 19.2. The smallest absolute Gasteiger partial charge is 0.280 e. The Bertz CT molecular complexity index is 663. The molecule has 0 saturated carbocycles. The fourth-order valence-electron chi connectivity index (χ4n) is 2.19. The Labute approximate surface area is 103 Å². The number of rotatable bonds is 1. The lowest BCUT2D eigenvalue weighted by atomic mass is 10.1. The molecule has 0 radical (unpaired) electrons. The fraction of sp³-hybridized carbons (Fsp3) is 0.0714. The van der Waals surface area contributed by atoms with Crippen LogP contribution in [0.25, 0.3) is 0 Å². The lowest BCUT2D eigenvalue weighted by molar-refractivity contribution is -0.453. The van der Waals surface area contributed by atoms with Crippen molar-refractivity contribution in [2.75, 3.05) is 0 Å². The maximum absolute atomic E-state index is 13.2. The zero-order chi connectivity index (χ0) is 12.7. The number of benzene rings is 2. The second kappa shape index (κ2) is 3.91. The van der Waals surface area contributed by atoms with Gasteiger partial charge < -0.3 is 0 Å². The van der Waals surface area contributed by atoms with Gasteiger partial charge in [-0.2, -0.15) is 0 Å². The number of nitrogens with two attached hydrogens (primary N) is 1. The molecule has 18 heavy (non-hydrogen) atoms. The minimum atomic E-state index is -0.865. The largest absolute Gasteiger partial charge is 0.286 e. The van der Waals surface area contributed by atoms with Crippen molar-refractivity contribution in [1.82, 2.24) is 0 Å². The van der Waals surface area contributed by atoms with Gasteiger partial charge in [-0.15, -0.1) is 0 Å². The standard InChI is InChI=1S/C14H10F2N2/c15-12-6-5-10(7-13(12)16)18-8-9-3-1-2-4-11(9)14(18)17/h1-7,17H,8H2/p+1. The van der Waals surface area contributed by atoms with E-state index in [1.807, 2.05) is 24.3 Å². The quantitative estimate of drug-likeness (QED) is 0.768. The van der Waals surface area contributed by atoms with Crippen LogP contribution in [0.3, 0.4) is 0 Å². The first-order chi connectivity index (χ1) is 8.66. The van der Waals surface area contributed by atoms with E-state index >= 15 is 0 Å². The molecule has 0 aromatic heterocycles. The van der Waals surface area contributed by atoms with Crippen LogP contribution in [0.5, 0.6) is 0 Å². The zero-order valence-corrected chi connectivity index (χ0v) is 9.53. The summed E-state index contributed by atoms with van der Waals surface area (Å²) < 4.78 is 27.9. The Hall–Kier alpha value is -2.23. The molecule has 1 aliphatic heterocycles. The van der Waals surface area contributed by atoms with Gasteiger partial charge in [-0.1, -0.05) is 18.2 Å². The van der Waals surface area contributed by atoms with Gasteiger partial charge in [0.2, 0.25) is 0 Å². The first-order valence-corrected chi connectivity index (χ1v) is 5.60. The number of halogens is 2. The normalized spacial score (nSPS) is 13.9. The summed E-state index contributed by atoms with van der Waals surface area (Å²) in [5, 5.41) is 0. The minimum absolute atomic E-state index is 0.558. The summed E-state index contributed by atoms with van der Waals surface area (Å²) in [4.78, 5) is 0. The molecular formula is C14H11F2N2+. The van der Waals surface area contributed by atoms with Crippen molar-refractivity contribution in [2.24, 2.45) is 5.73 Å². The van der Waals surface area contributed by atoms with Crippen LogP contribution in [0.15, 0.2) is 42.5 Å². The topological polar surface area (TPSA) is 29.0 Å². The maximum Gasteiger partial charge on any atom is 0.280 e. The highest BCUT2D eigenvalue weighted by Gasteiger charge is 2.25. The first kappa shape index (κ1) is 10.9. The Morgan fingerprint density at radius 3 is 2.50 bits per heavy atom. The second-order valence-electron chi connectivity index (χ2n) is 4.23. The molecule has 4 heteroatoms. The number of nitrogens with zero attached hydrogens (tertiary/aromatic N) is 1. The van der Waals surface area contributed by atoms with E-state index in [-0.39, 0.29) is 0 Å². The minimum Gasteiger partial charge on any atom is -0.286 e. The third-order valence-corrected chi connectivity index (χ3v) is 3.13. The maximum atomic E-state index is 13.2. The lowest BCUT2D eigenvalue weighted by Crippen LogP contribution is -2.20. The number of fused-ring (bicyclic) bond motifs is 1. The lowest BCUT2D eigenvalue weighted by Gasteiger charge is -2.03. The summed E-state index contributed by atoms with van der Waals surface area (Å²) in [6, 6.07) is 11.5. The summed E-state index contributed by atoms with van der Waals surface area (Å²) in [6.45, 7) is 0.576. The molecule has 0 fully saturated rings. The Morgan fingerprint density at radius 2 is 1.78 bits per heavy atom. The summed E-state index contributed by atoms with van der Waals surface area (Å²) in [5.41, 5.74) is 8.62. The molecule has 3 rings (SSSR count). The zero-order valence-electron chi connectivity index (χ0n) is 9.53. The van der Waals surface area contributed by atoms with Crippen molar-refractivity contribution in [2.45, 2.75) is 6.54 Å². The predicted molar refractivity (Wildman–Crippen MR) is 64.7 cm³/mol. The molecule has 0 saturated heterocycles. The molecular weight excluding hydrogens is 234 g/mol. The molecule has 1 heterocycles. The Balaban J connectivity index is 2.10. The first-order valence-electron chi connectivity index (χ1n) is 5.60. The van der Waals surface area contributed by atoms with Gasteiger partial charge in [-0.3, -0.25) is 5.73 Å². The SMILES string of the molecule is NC1=[N+](c2ccc(F)c(F)c2)Cc2ccccc21. The molecule has 2 aromatic rings. The summed E-state index contributed by atoms with van der Waals surface area (Å²) in [6.07, 6.45) is 0. The van der Waals surface area contributed by atoms with Crippen LogP contribution in [-0.2, 0) is 6.54 Å². The van der Waals surface area contributed by atoms with E-state index in [4.69, 9.17) is 5.73 Å². The fourth-order valence-corrected chi connectivity index (χ4v) is 2.19. The van der Waals surface area contributed by atoms with Crippen molar-refractivity contribution < 1.29 is 13.4 Å². The molecule has 90 valence electrons. The summed E-state index contributed by atoms with van der Waals surface area (Å²) in [5.74, 6) is -1.15. The highest BCUT2D eigenvalue weighted by molar-refractivity contribution is 5.97. The average Bonchev–Trinajstić information content (AvgIpc) is 2.71. The second-order valence-corrected chi connectivity index (χ2v) is 4.23. The monoisotopic (exact) mass is 245 g/mol. The van der Waals surface area contributed by atoms with Gasteiger partial charge in [0.05, 0.1) is 5.56 Å². The number of hydrogen-bond acceptors (Lipinski definition) is 1. The molecule has 2 nitrogen and oxygen atoms in total. The predicted octanol–water partition coefficient (Wildman–Crippen LogP) is 2.53. The van der Waals surface area contributed by atoms with Crippen molar-refractivity contribution in [3.63, 3.8) is 0 Å². The van der Waals surface area contributed by atoms with E-state index in [9.17, 15) is 8.78 Å². The van der Waals surface area contributed by atoms with Crippen LogP contribution < -0.4 is 5.73 Å². The van der Waals surface area contributed by atoms with Crippen molar-refractivity contribution in [3.05, 3.63) is 65.2 Å². The molecule has 0 aliphatic carbocycles. The van der Waals surface area contributed by atoms with Crippen molar-refractivity contribution >= 4 is 11.5 Å². The molecule has 0 unspecified atom stereocenters. The van der Waals surface area contributed by atoms with Crippen molar-refractivity contribution in [3.8, 4) is 0 Å². The highest BCUT2D eigenvalue weighted by Crippen LogP contribution is 2.24. The van der Waals surface area contributed by atoms with E-state index < -0.39 is 11.6 Å². The molecule has 1 aliphatic rings. The third-order valence-electron chi connectivity index (χ3n) is 3.13. The van der Waals surface area contributed by atoms with E-state index in [0.717, 1.165) is 23.3 Å². The summed E-state index contributed by atoms with van der Waals surface area (Å²) in [7, 11) is 0. The van der Waals surface area contributed by atoms with Crippen LogP contribution in [0.2, 0.25) is 0 Å². The third kappa shape index (κ3) is 1.57. The van der Waals surface area contributed by atoms with Crippen LogP contribution >= 0.6 is 0 Å². The van der Waals surface area contributed by atoms with Crippen LogP contribution in [-0.4, -0.2) is 10.4 Å². The van der Waals surface area contributed by atoms with Gasteiger partial charge in [0, 0.05) is 11.6 Å². The van der Waals surface area contributed by atoms with Crippen molar-refractivity contribution in [1.29, 1.82) is 0 Å². The van der Waals surface area contributed by atoms with Crippen LogP contribution in [0.1, 0.15) is 11.1 Å². The van der Waals surface area contributed by atoms with E-state index in [1.165, 1.54) is 6.07 Å². The number of amidine groups is 1. The van der Waals surface area contributed by atoms with Crippen LogP contribution in [0.4, 0.5) is 14.5 Å². The van der Waals surface area contributed by atoms with E-state index in [2.05, 4.69) is 0 Å².